The minimum atomic E-state index is -0.224. The van der Waals surface area contributed by atoms with Crippen LogP contribution in [0.2, 0.25) is 0 Å². The number of hydrogen-bond acceptors (Lipinski definition) is 2. The van der Waals surface area contributed by atoms with Gasteiger partial charge < -0.3 is 5.32 Å². The summed E-state index contributed by atoms with van der Waals surface area (Å²) in [6.45, 7) is 8.02. The van der Waals surface area contributed by atoms with Crippen molar-refractivity contribution in [2.24, 2.45) is 5.41 Å². The van der Waals surface area contributed by atoms with E-state index in [1.807, 2.05) is 26.0 Å². The predicted molar refractivity (Wildman–Crippen MR) is 70.5 cm³/mol. The number of piperidine rings is 1. The van der Waals surface area contributed by atoms with Crippen molar-refractivity contribution in [2.45, 2.75) is 33.6 Å². The molecule has 0 aromatic heterocycles. The summed E-state index contributed by atoms with van der Waals surface area (Å²) in [5, 5.41) is 3.33. The van der Waals surface area contributed by atoms with E-state index in [-0.39, 0.29) is 11.2 Å². The molecule has 1 aliphatic heterocycles. The number of Topliss-reactive ketones (excluding diaryl/α,β-unsaturated/α-hetero) is 1. The van der Waals surface area contributed by atoms with Crippen LogP contribution in [0, 0.1) is 19.3 Å². The summed E-state index contributed by atoms with van der Waals surface area (Å²) in [5.41, 5.74) is 2.98. The quantitative estimate of drug-likeness (QED) is 0.793. The molecule has 1 saturated heterocycles. The summed E-state index contributed by atoms with van der Waals surface area (Å²) in [4.78, 5) is 12.6. The average Bonchev–Trinajstić information content (AvgIpc) is 2.27. The van der Waals surface area contributed by atoms with E-state index in [1.165, 1.54) is 11.1 Å². The molecule has 0 spiro atoms. The molecule has 2 nitrogen and oxygen atoms in total. The predicted octanol–water partition coefficient (Wildman–Crippen LogP) is 2.88. The summed E-state index contributed by atoms with van der Waals surface area (Å²) in [6, 6.07) is 6.13. The maximum absolute atomic E-state index is 12.6. The number of ketones is 1. The van der Waals surface area contributed by atoms with E-state index in [0.29, 0.717) is 0 Å². The molecule has 1 aromatic rings. The third-order valence-corrected chi connectivity index (χ3v) is 3.63. The van der Waals surface area contributed by atoms with Crippen LogP contribution in [0.1, 0.15) is 41.3 Å². The van der Waals surface area contributed by atoms with Crippen molar-refractivity contribution in [3.8, 4) is 0 Å². The summed E-state index contributed by atoms with van der Waals surface area (Å²) >= 11 is 0. The van der Waals surface area contributed by atoms with Gasteiger partial charge in [0.2, 0.25) is 0 Å². The van der Waals surface area contributed by atoms with Gasteiger partial charge in [-0.05, 0) is 45.4 Å². The van der Waals surface area contributed by atoms with Gasteiger partial charge in [0.15, 0.2) is 5.78 Å². The van der Waals surface area contributed by atoms with Crippen molar-refractivity contribution in [3.05, 3.63) is 34.9 Å². The van der Waals surface area contributed by atoms with Crippen LogP contribution in [0.25, 0.3) is 0 Å². The number of carbonyl (C=O) groups is 1. The van der Waals surface area contributed by atoms with E-state index in [1.54, 1.807) is 0 Å². The van der Waals surface area contributed by atoms with E-state index in [2.05, 4.69) is 18.3 Å². The molecule has 1 atom stereocenters. The SMILES string of the molecule is Cc1cc(C)cc(C(=O)C2(C)CCCNC2)c1. The smallest absolute Gasteiger partial charge is 0.170 e. The zero-order valence-electron chi connectivity index (χ0n) is 11.0. The van der Waals surface area contributed by atoms with Gasteiger partial charge in [0.05, 0.1) is 0 Å². The van der Waals surface area contributed by atoms with E-state index >= 15 is 0 Å². The summed E-state index contributed by atoms with van der Waals surface area (Å²) in [5.74, 6) is 0.288. The lowest BCUT2D eigenvalue weighted by molar-refractivity contribution is 0.0773. The van der Waals surface area contributed by atoms with Crippen molar-refractivity contribution in [1.82, 2.24) is 5.32 Å². The Morgan fingerprint density at radius 1 is 1.24 bits per heavy atom. The summed E-state index contributed by atoms with van der Waals surface area (Å²) in [6.07, 6.45) is 2.08. The molecule has 0 amide bonds. The third-order valence-electron chi connectivity index (χ3n) is 3.63. The standard InChI is InChI=1S/C15H21NO/c1-11-7-12(2)9-13(8-11)14(17)15(3)5-4-6-16-10-15/h7-9,16H,4-6,10H2,1-3H3. The molecule has 0 radical (unpaired) electrons. The molecule has 1 aliphatic rings. The number of aryl methyl sites for hydroxylation is 2. The van der Waals surface area contributed by atoms with E-state index in [0.717, 1.165) is 31.5 Å². The van der Waals surface area contributed by atoms with Crippen molar-refractivity contribution < 1.29 is 4.79 Å². The molecule has 1 N–H and O–H groups in total. The number of carbonyl (C=O) groups excluding carboxylic acids is 1. The topological polar surface area (TPSA) is 29.1 Å². The molecule has 1 fully saturated rings. The van der Waals surface area contributed by atoms with Crippen LogP contribution in [-0.4, -0.2) is 18.9 Å². The monoisotopic (exact) mass is 231 g/mol. The fourth-order valence-corrected chi connectivity index (χ4v) is 2.70. The van der Waals surface area contributed by atoms with E-state index < -0.39 is 0 Å². The molecule has 17 heavy (non-hydrogen) atoms. The van der Waals surface area contributed by atoms with Crippen molar-refractivity contribution in [1.29, 1.82) is 0 Å². The van der Waals surface area contributed by atoms with Crippen molar-refractivity contribution in [2.75, 3.05) is 13.1 Å². The maximum Gasteiger partial charge on any atom is 0.170 e. The molecule has 2 rings (SSSR count). The van der Waals surface area contributed by atoms with Gasteiger partial charge in [-0.3, -0.25) is 4.79 Å². The first kappa shape index (κ1) is 12.3. The third kappa shape index (κ3) is 2.58. The normalized spacial score (nSPS) is 24.6. The van der Waals surface area contributed by atoms with Gasteiger partial charge in [0, 0.05) is 17.5 Å². The molecule has 92 valence electrons. The van der Waals surface area contributed by atoms with Crippen LogP contribution >= 0.6 is 0 Å². The fraction of sp³-hybridized carbons (Fsp3) is 0.533. The second-order valence-electron chi connectivity index (χ2n) is 5.55. The van der Waals surface area contributed by atoms with Gasteiger partial charge >= 0.3 is 0 Å². The maximum atomic E-state index is 12.6. The zero-order valence-corrected chi connectivity index (χ0v) is 11.0. The van der Waals surface area contributed by atoms with Gasteiger partial charge in [-0.25, -0.2) is 0 Å². The summed E-state index contributed by atoms with van der Waals surface area (Å²) in [7, 11) is 0. The highest BCUT2D eigenvalue weighted by molar-refractivity contribution is 6.00. The lowest BCUT2D eigenvalue weighted by atomic mass is 9.76. The molecular formula is C15H21NO. The highest BCUT2D eigenvalue weighted by Gasteiger charge is 2.35. The molecule has 2 heteroatoms. The Labute approximate surface area is 103 Å². The molecule has 0 saturated carbocycles. The molecule has 1 unspecified atom stereocenters. The average molecular weight is 231 g/mol. The summed E-state index contributed by atoms with van der Waals surface area (Å²) < 4.78 is 0. The Bertz CT molecular complexity index is 410. The molecule has 0 bridgehead atoms. The highest BCUT2D eigenvalue weighted by atomic mass is 16.1. The lowest BCUT2D eigenvalue weighted by Crippen LogP contribution is -2.43. The van der Waals surface area contributed by atoms with Crippen molar-refractivity contribution >= 4 is 5.78 Å². The number of benzene rings is 1. The van der Waals surface area contributed by atoms with Crippen LogP contribution in [0.3, 0.4) is 0 Å². The van der Waals surface area contributed by atoms with Crippen LogP contribution in [0.5, 0.6) is 0 Å². The van der Waals surface area contributed by atoms with Gasteiger partial charge in [-0.1, -0.05) is 24.1 Å². The van der Waals surface area contributed by atoms with Gasteiger partial charge in [0.1, 0.15) is 0 Å². The second kappa shape index (κ2) is 4.61. The van der Waals surface area contributed by atoms with E-state index in [9.17, 15) is 4.79 Å². The second-order valence-corrected chi connectivity index (χ2v) is 5.55. The Hall–Kier alpha value is -1.15. The first-order valence-electron chi connectivity index (χ1n) is 6.35. The Morgan fingerprint density at radius 3 is 2.41 bits per heavy atom. The Balaban J connectivity index is 2.29. The first-order chi connectivity index (χ1) is 8.01. The Morgan fingerprint density at radius 2 is 1.88 bits per heavy atom. The van der Waals surface area contributed by atoms with Crippen molar-refractivity contribution in [3.63, 3.8) is 0 Å². The minimum Gasteiger partial charge on any atom is -0.316 e. The molecule has 0 aliphatic carbocycles. The van der Waals surface area contributed by atoms with Gasteiger partial charge in [0.25, 0.3) is 0 Å². The molecule has 1 heterocycles. The number of hydrogen-bond donors (Lipinski definition) is 1. The van der Waals surface area contributed by atoms with Crippen LogP contribution in [-0.2, 0) is 0 Å². The molecule has 1 aromatic carbocycles. The van der Waals surface area contributed by atoms with E-state index in [4.69, 9.17) is 0 Å². The minimum absolute atomic E-state index is 0.224. The lowest BCUT2D eigenvalue weighted by Gasteiger charge is -2.32. The Kier molecular flexibility index (Phi) is 3.34. The zero-order chi connectivity index (χ0) is 12.5. The highest BCUT2D eigenvalue weighted by Crippen LogP contribution is 2.30. The van der Waals surface area contributed by atoms with Crippen LogP contribution in [0.4, 0.5) is 0 Å². The largest absolute Gasteiger partial charge is 0.316 e. The van der Waals surface area contributed by atoms with Gasteiger partial charge in [-0.2, -0.15) is 0 Å². The molecular weight excluding hydrogens is 210 g/mol. The first-order valence-corrected chi connectivity index (χ1v) is 6.35. The van der Waals surface area contributed by atoms with Gasteiger partial charge in [-0.15, -0.1) is 0 Å². The van der Waals surface area contributed by atoms with Crippen LogP contribution < -0.4 is 5.32 Å². The number of nitrogens with one attached hydrogen (secondary N) is 1. The van der Waals surface area contributed by atoms with Crippen LogP contribution in [0.15, 0.2) is 18.2 Å². The fourth-order valence-electron chi connectivity index (χ4n) is 2.70. The number of rotatable bonds is 2.